The molecule has 4 rings (SSSR count). The number of fused-ring (bicyclic) bond motifs is 1. The largest absolute Gasteiger partial charge is 0.496 e. The number of methoxy groups -OCH3 is 1. The number of aryl methyl sites for hydroxylation is 1. The summed E-state index contributed by atoms with van der Waals surface area (Å²) in [4.78, 5) is 14.5. The summed E-state index contributed by atoms with van der Waals surface area (Å²) in [5.74, 6) is 3.41. The molecule has 0 radical (unpaired) electrons. The van der Waals surface area contributed by atoms with Gasteiger partial charge in [0, 0.05) is 51.5 Å². The summed E-state index contributed by atoms with van der Waals surface area (Å²) in [6, 6.07) is 6.40. The van der Waals surface area contributed by atoms with Crippen LogP contribution in [-0.2, 0) is 30.7 Å². The minimum atomic E-state index is 0.202. The van der Waals surface area contributed by atoms with Crippen molar-refractivity contribution in [3.05, 3.63) is 41.0 Å². The smallest absolute Gasteiger partial charge is 0.223 e. The molecular weight excluding hydrogens is 366 g/mol. The van der Waals surface area contributed by atoms with E-state index in [2.05, 4.69) is 44.0 Å². The van der Waals surface area contributed by atoms with Gasteiger partial charge in [-0.05, 0) is 37.0 Å². The summed E-state index contributed by atoms with van der Waals surface area (Å²) in [7, 11) is 1.71. The molecule has 0 atom stereocenters. The third-order valence-corrected chi connectivity index (χ3v) is 6.18. The van der Waals surface area contributed by atoms with E-state index in [1.165, 1.54) is 17.5 Å². The second kappa shape index (κ2) is 8.95. The standard InChI is InChI=1S/C22H31N5O2/c1-16-14-17(6-7-19(16)29-2)15-26-11-9-21-25-24-20(27(21)13-12-26)8-10-23-22(28)18-4-3-5-18/h6-7,14,18H,3-5,8-13,15H2,1-2H3,(H,23,28). The fraction of sp³-hybridized carbons (Fsp3) is 0.591. The van der Waals surface area contributed by atoms with E-state index in [4.69, 9.17) is 4.74 Å². The highest BCUT2D eigenvalue weighted by atomic mass is 16.5. The molecule has 29 heavy (non-hydrogen) atoms. The summed E-state index contributed by atoms with van der Waals surface area (Å²) in [5.41, 5.74) is 2.48. The Hall–Kier alpha value is -2.41. The number of nitrogens with one attached hydrogen (secondary N) is 1. The van der Waals surface area contributed by atoms with Gasteiger partial charge >= 0.3 is 0 Å². The zero-order valence-electron chi connectivity index (χ0n) is 17.5. The third kappa shape index (κ3) is 4.61. The van der Waals surface area contributed by atoms with E-state index < -0.39 is 0 Å². The van der Waals surface area contributed by atoms with Gasteiger partial charge in [-0.15, -0.1) is 10.2 Å². The van der Waals surface area contributed by atoms with Crippen molar-refractivity contribution in [2.45, 2.75) is 52.1 Å². The fourth-order valence-electron chi connectivity index (χ4n) is 4.18. The Morgan fingerprint density at radius 2 is 2.10 bits per heavy atom. The van der Waals surface area contributed by atoms with Crippen LogP contribution in [-0.4, -0.2) is 52.3 Å². The Kier molecular flexibility index (Phi) is 6.13. The SMILES string of the molecule is COc1ccc(CN2CCc3nnc(CCNC(=O)C4CCC4)n3CC2)cc1C. The predicted molar refractivity (Wildman–Crippen MR) is 111 cm³/mol. The first-order valence-electron chi connectivity index (χ1n) is 10.7. The zero-order valence-corrected chi connectivity index (χ0v) is 17.5. The van der Waals surface area contributed by atoms with Crippen molar-refractivity contribution in [2.24, 2.45) is 5.92 Å². The number of hydrogen-bond acceptors (Lipinski definition) is 5. The lowest BCUT2D eigenvalue weighted by Crippen LogP contribution is -2.35. The molecule has 2 aromatic rings. The summed E-state index contributed by atoms with van der Waals surface area (Å²) in [6.45, 7) is 6.49. The van der Waals surface area contributed by atoms with E-state index in [1.54, 1.807) is 7.11 Å². The molecule has 1 amide bonds. The highest BCUT2D eigenvalue weighted by Gasteiger charge is 2.25. The van der Waals surface area contributed by atoms with Crippen molar-refractivity contribution >= 4 is 5.91 Å². The number of benzene rings is 1. The maximum atomic E-state index is 12.0. The van der Waals surface area contributed by atoms with Crippen LogP contribution in [0.3, 0.4) is 0 Å². The first-order valence-corrected chi connectivity index (χ1v) is 10.7. The van der Waals surface area contributed by atoms with Gasteiger partial charge in [0.25, 0.3) is 0 Å². The topological polar surface area (TPSA) is 72.3 Å². The van der Waals surface area contributed by atoms with Gasteiger partial charge in [-0.2, -0.15) is 0 Å². The molecule has 0 spiro atoms. The van der Waals surface area contributed by atoms with Crippen LogP contribution in [0.4, 0.5) is 0 Å². The van der Waals surface area contributed by atoms with Crippen LogP contribution in [0.25, 0.3) is 0 Å². The first kappa shape index (κ1) is 19.9. The van der Waals surface area contributed by atoms with Crippen LogP contribution in [0.5, 0.6) is 5.75 Å². The number of carbonyl (C=O) groups excluding carboxylic acids is 1. The summed E-state index contributed by atoms with van der Waals surface area (Å²) in [6.07, 6.45) is 4.90. The minimum Gasteiger partial charge on any atom is -0.496 e. The van der Waals surface area contributed by atoms with E-state index in [9.17, 15) is 4.79 Å². The highest BCUT2D eigenvalue weighted by Crippen LogP contribution is 2.26. The number of ether oxygens (including phenoxy) is 1. The molecule has 156 valence electrons. The van der Waals surface area contributed by atoms with Gasteiger partial charge in [0.15, 0.2) is 0 Å². The molecule has 0 unspecified atom stereocenters. The van der Waals surface area contributed by atoms with Gasteiger partial charge in [-0.3, -0.25) is 9.69 Å². The third-order valence-electron chi connectivity index (χ3n) is 6.18. The van der Waals surface area contributed by atoms with Crippen molar-refractivity contribution in [1.82, 2.24) is 25.0 Å². The number of rotatable bonds is 7. The van der Waals surface area contributed by atoms with Gasteiger partial charge in [0.05, 0.1) is 7.11 Å². The number of amides is 1. The lowest BCUT2D eigenvalue weighted by Gasteiger charge is -2.24. The van der Waals surface area contributed by atoms with E-state index in [0.29, 0.717) is 6.54 Å². The zero-order chi connectivity index (χ0) is 20.2. The number of hydrogen-bond donors (Lipinski definition) is 1. The van der Waals surface area contributed by atoms with Crippen molar-refractivity contribution in [3.63, 3.8) is 0 Å². The molecule has 1 aliphatic heterocycles. The maximum absolute atomic E-state index is 12.0. The molecule has 1 N–H and O–H groups in total. The summed E-state index contributed by atoms with van der Waals surface area (Å²) in [5, 5.41) is 11.9. The molecular formula is C22H31N5O2. The number of carbonyl (C=O) groups is 1. The van der Waals surface area contributed by atoms with Crippen LogP contribution in [0.15, 0.2) is 18.2 Å². The molecule has 1 aromatic carbocycles. The van der Waals surface area contributed by atoms with Gasteiger partial charge in [0.1, 0.15) is 17.4 Å². The molecule has 0 saturated heterocycles. The number of aromatic nitrogens is 3. The summed E-state index contributed by atoms with van der Waals surface area (Å²) < 4.78 is 7.61. The highest BCUT2D eigenvalue weighted by molar-refractivity contribution is 5.79. The first-order chi connectivity index (χ1) is 14.1. The molecule has 0 bridgehead atoms. The lowest BCUT2D eigenvalue weighted by molar-refractivity contribution is -0.127. The second-order valence-corrected chi connectivity index (χ2v) is 8.18. The van der Waals surface area contributed by atoms with Crippen molar-refractivity contribution in [3.8, 4) is 5.75 Å². The predicted octanol–water partition coefficient (Wildman–Crippen LogP) is 2.11. The van der Waals surface area contributed by atoms with Crippen LogP contribution in [0.1, 0.15) is 42.0 Å². The van der Waals surface area contributed by atoms with E-state index in [0.717, 1.165) is 69.3 Å². The van der Waals surface area contributed by atoms with E-state index >= 15 is 0 Å². The Labute approximate surface area is 172 Å². The Bertz CT molecular complexity index is 859. The molecule has 2 heterocycles. The summed E-state index contributed by atoms with van der Waals surface area (Å²) >= 11 is 0. The molecule has 1 saturated carbocycles. The van der Waals surface area contributed by atoms with Gasteiger partial charge in [-0.25, -0.2) is 0 Å². The van der Waals surface area contributed by atoms with E-state index in [1.807, 2.05) is 6.07 Å². The van der Waals surface area contributed by atoms with Crippen LogP contribution in [0, 0.1) is 12.8 Å². The van der Waals surface area contributed by atoms with Crippen LogP contribution in [0.2, 0.25) is 0 Å². The Morgan fingerprint density at radius 3 is 2.83 bits per heavy atom. The maximum Gasteiger partial charge on any atom is 0.223 e. The average Bonchev–Trinajstić information content (AvgIpc) is 2.93. The number of nitrogens with zero attached hydrogens (tertiary/aromatic N) is 4. The molecule has 2 aliphatic rings. The molecule has 7 nitrogen and oxygen atoms in total. The second-order valence-electron chi connectivity index (χ2n) is 8.18. The van der Waals surface area contributed by atoms with Gasteiger partial charge in [-0.1, -0.05) is 18.6 Å². The average molecular weight is 398 g/mol. The molecule has 1 aliphatic carbocycles. The molecule has 1 fully saturated rings. The van der Waals surface area contributed by atoms with Crippen molar-refractivity contribution in [1.29, 1.82) is 0 Å². The van der Waals surface area contributed by atoms with Gasteiger partial charge in [0.2, 0.25) is 5.91 Å². The van der Waals surface area contributed by atoms with E-state index in [-0.39, 0.29) is 11.8 Å². The quantitative estimate of drug-likeness (QED) is 0.775. The Balaban J connectivity index is 1.31. The van der Waals surface area contributed by atoms with Crippen LogP contribution >= 0.6 is 0 Å². The van der Waals surface area contributed by atoms with Crippen LogP contribution < -0.4 is 10.1 Å². The molecule has 1 aromatic heterocycles. The van der Waals surface area contributed by atoms with Crippen molar-refractivity contribution < 1.29 is 9.53 Å². The fourth-order valence-corrected chi connectivity index (χ4v) is 4.18. The lowest BCUT2D eigenvalue weighted by atomic mass is 9.85. The Morgan fingerprint density at radius 1 is 1.24 bits per heavy atom. The normalized spacial score (nSPS) is 17.3. The minimum absolute atomic E-state index is 0.202. The van der Waals surface area contributed by atoms with Crippen molar-refractivity contribution in [2.75, 3.05) is 26.7 Å². The molecule has 7 heteroatoms. The van der Waals surface area contributed by atoms with Gasteiger partial charge < -0.3 is 14.6 Å². The monoisotopic (exact) mass is 397 g/mol.